The third-order valence-corrected chi connectivity index (χ3v) is 4.81. The fraction of sp³-hybridized carbons (Fsp3) is 0.571. The van der Waals surface area contributed by atoms with Crippen molar-refractivity contribution in [2.75, 3.05) is 18.0 Å². The highest BCUT2D eigenvalue weighted by Gasteiger charge is 2.36. The van der Waals surface area contributed by atoms with Gasteiger partial charge in [0.15, 0.2) is 0 Å². The number of piperazine rings is 1. The van der Waals surface area contributed by atoms with Crippen molar-refractivity contribution in [2.45, 2.75) is 31.8 Å². The molecule has 1 aliphatic carbocycles. The van der Waals surface area contributed by atoms with Crippen LogP contribution in [0.2, 0.25) is 5.02 Å². The van der Waals surface area contributed by atoms with Crippen LogP contribution in [0, 0.1) is 5.92 Å². The SMILES string of the molecule is CC1CNC(C2CC2)CN1c1ccc(Br)cc1Cl. The van der Waals surface area contributed by atoms with Crippen LogP contribution in [0.1, 0.15) is 19.8 Å². The van der Waals surface area contributed by atoms with Gasteiger partial charge in [-0.2, -0.15) is 0 Å². The summed E-state index contributed by atoms with van der Waals surface area (Å²) in [5.74, 6) is 0.884. The van der Waals surface area contributed by atoms with E-state index >= 15 is 0 Å². The first-order chi connectivity index (χ1) is 8.65. The molecule has 4 heteroatoms. The largest absolute Gasteiger partial charge is 0.365 e. The van der Waals surface area contributed by atoms with Crippen LogP contribution in [-0.2, 0) is 0 Å². The number of benzene rings is 1. The molecule has 1 saturated heterocycles. The van der Waals surface area contributed by atoms with Crippen LogP contribution in [0.4, 0.5) is 5.69 Å². The van der Waals surface area contributed by atoms with Gasteiger partial charge in [0.1, 0.15) is 0 Å². The lowest BCUT2D eigenvalue weighted by Crippen LogP contribution is -2.56. The Kier molecular flexibility index (Phi) is 3.57. The van der Waals surface area contributed by atoms with E-state index in [0.29, 0.717) is 12.1 Å². The molecule has 1 heterocycles. The van der Waals surface area contributed by atoms with Gasteiger partial charge in [0.25, 0.3) is 0 Å². The summed E-state index contributed by atoms with van der Waals surface area (Å²) in [6.45, 7) is 4.38. The first kappa shape index (κ1) is 12.8. The third kappa shape index (κ3) is 2.54. The molecule has 0 amide bonds. The van der Waals surface area contributed by atoms with Crippen molar-refractivity contribution in [2.24, 2.45) is 5.92 Å². The summed E-state index contributed by atoms with van der Waals surface area (Å²) < 4.78 is 1.04. The van der Waals surface area contributed by atoms with Crippen molar-refractivity contribution < 1.29 is 0 Å². The van der Waals surface area contributed by atoms with E-state index in [1.807, 2.05) is 6.07 Å². The predicted octanol–water partition coefficient (Wildman–Crippen LogP) is 3.68. The molecule has 2 atom stereocenters. The number of hydrogen-bond donors (Lipinski definition) is 1. The van der Waals surface area contributed by atoms with Gasteiger partial charge in [0.05, 0.1) is 10.7 Å². The summed E-state index contributed by atoms with van der Waals surface area (Å²) in [4.78, 5) is 2.45. The van der Waals surface area contributed by atoms with Gasteiger partial charge in [-0.3, -0.25) is 0 Å². The Bertz CT molecular complexity index is 447. The van der Waals surface area contributed by atoms with Crippen molar-refractivity contribution in [3.8, 4) is 0 Å². The Morgan fingerprint density at radius 2 is 2.17 bits per heavy atom. The monoisotopic (exact) mass is 328 g/mol. The van der Waals surface area contributed by atoms with Crippen LogP contribution in [0.15, 0.2) is 22.7 Å². The van der Waals surface area contributed by atoms with Gasteiger partial charge in [-0.05, 0) is 43.9 Å². The Hall–Kier alpha value is -0.250. The second-order valence-corrected chi connectivity index (χ2v) is 6.77. The molecule has 0 bridgehead atoms. The summed E-state index contributed by atoms with van der Waals surface area (Å²) in [5.41, 5.74) is 1.17. The van der Waals surface area contributed by atoms with Crippen LogP contribution in [0.5, 0.6) is 0 Å². The van der Waals surface area contributed by atoms with Crippen molar-refractivity contribution in [1.29, 1.82) is 0 Å². The lowest BCUT2D eigenvalue weighted by atomic mass is 10.1. The molecule has 1 saturated carbocycles. The van der Waals surface area contributed by atoms with E-state index in [2.05, 4.69) is 45.2 Å². The molecule has 18 heavy (non-hydrogen) atoms. The van der Waals surface area contributed by atoms with E-state index in [-0.39, 0.29) is 0 Å². The molecule has 1 aliphatic heterocycles. The summed E-state index contributed by atoms with van der Waals surface area (Å²) in [6, 6.07) is 7.32. The Labute approximate surface area is 122 Å². The first-order valence-electron chi connectivity index (χ1n) is 6.60. The lowest BCUT2D eigenvalue weighted by Gasteiger charge is -2.41. The number of hydrogen-bond acceptors (Lipinski definition) is 2. The smallest absolute Gasteiger partial charge is 0.0650 e. The van der Waals surface area contributed by atoms with Crippen LogP contribution in [0.25, 0.3) is 0 Å². The molecule has 2 nitrogen and oxygen atoms in total. The van der Waals surface area contributed by atoms with Crippen molar-refractivity contribution in [3.05, 3.63) is 27.7 Å². The van der Waals surface area contributed by atoms with Crippen molar-refractivity contribution in [1.82, 2.24) is 5.32 Å². The summed E-state index contributed by atoms with van der Waals surface area (Å²) in [5, 5.41) is 4.51. The van der Waals surface area contributed by atoms with Gasteiger partial charge < -0.3 is 10.2 Å². The quantitative estimate of drug-likeness (QED) is 0.890. The number of nitrogens with zero attached hydrogens (tertiary/aromatic N) is 1. The molecule has 1 aromatic carbocycles. The molecule has 0 radical (unpaired) electrons. The highest BCUT2D eigenvalue weighted by atomic mass is 79.9. The molecule has 0 spiro atoms. The van der Waals surface area contributed by atoms with E-state index in [1.54, 1.807) is 0 Å². The number of halogens is 2. The maximum Gasteiger partial charge on any atom is 0.0650 e. The average Bonchev–Trinajstić information content (AvgIpc) is 3.14. The molecule has 2 aliphatic rings. The van der Waals surface area contributed by atoms with Crippen molar-refractivity contribution >= 4 is 33.2 Å². The van der Waals surface area contributed by atoms with Gasteiger partial charge in [-0.25, -0.2) is 0 Å². The minimum Gasteiger partial charge on any atom is -0.365 e. The van der Waals surface area contributed by atoms with Crippen LogP contribution < -0.4 is 10.2 Å². The van der Waals surface area contributed by atoms with Gasteiger partial charge >= 0.3 is 0 Å². The zero-order valence-electron chi connectivity index (χ0n) is 10.5. The molecule has 1 N–H and O–H groups in total. The number of nitrogens with one attached hydrogen (secondary N) is 1. The van der Waals surface area contributed by atoms with Gasteiger partial charge in [-0.1, -0.05) is 27.5 Å². The van der Waals surface area contributed by atoms with Crippen LogP contribution in [-0.4, -0.2) is 25.2 Å². The second-order valence-electron chi connectivity index (χ2n) is 5.45. The van der Waals surface area contributed by atoms with Gasteiger partial charge in [0.2, 0.25) is 0 Å². The zero-order valence-corrected chi connectivity index (χ0v) is 12.8. The highest BCUT2D eigenvalue weighted by molar-refractivity contribution is 9.10. The molecule has 98 valence electrons. The van der Waals surface area contributed by atoms with Gasteiger partial charge in [-0.15, -0.1) is 0 Å². The fourth-order valence-corrected chi connectivity index (χ4v) is 3.53. The standard InChI is InChI=1S/C14H18BrClN2/c1-9-7-17-13(10-2-3-10)8-18(9)14-5-4-11(15)6-12(14)16/h4-6,9-10,13,17H,2-3,7-8H2,1H3. The zero-order chi connectivity index (χ0) is 12.7. The molecule has 2 fully saturated rings. The fourth-order valence-electron chi connectivity index (χ4n) is 2.75. The molecule has 0 aromatic heterocycles. The molecule has 3 rings (SSSR count). The first-order valence-corrected chi connectivity index (χ1v) is 7.77. The van der Waals surface area contributed by atoms with E-state index in [4.69, 9.17) is 11.6 Å². The second kappa shape index (κ2) is 5.03. The Balaban J connectivity index is 1.83. The lowest BCUT2D eigenvalue weighted by molar-refractivity contribution is 0.376. The highest BCUT2D eigenvalue weighted by Crippen LogP contribution is 2.37. The minimum atomic E-state index is 0.499. The van der Waals surface area contributed by atoms with E-state index < -0.39 is 0 Å². The Morgan fingerprint density at radius 3 is 2.83 bits per heavy atom. The average molecular weight is 330 g/mol. The van der Waals surface area contributed by atoms with Gasteiger partial charge in [0, 0.05) is 29.6 Å². The summed E-state index contributed by atoms with van der Waals surface area (Å²) >= 11 is 9.84. The molecular weight excluding hydrogens is 312 g/mol. The normalized spacial score (nSPS) is 28.5. The molecule has 2 unspecified atom stereocenters. The van der Waals surface area contributed by atoms with Crippen LogP contribution in [0.3, 0.4) is 0 Å². The molecule has 1 aromatic rings. The topological polar surface area (TPSA) is 15.3 Å². The van der Waals surface area contributed by atoms with Crippen molar-refractivity contribution in [3.63, 3.8) is 0 Å². The maximum atomic E-state index is 6.38. The van der Waals surface area contributed by atoms with E-state index in [0.717, 1.165) is 28.5 Å². The maximum absolute atomic E-state index is 6.38. The predicted molar refractivity (Wildman–Crippen MR) is 80.5 cm³/mol. The van der Waals surface area contributed by atoms with Crippen LogP contribution >= 0.6 is 27.5 Å². The summed E-state index contributed by atoms with van der Waals surface area (Å²) in [7, 11) is 0. The summed E-state index contributed by atoms with van der Waals surface area (Å²) in [6.07, 6.45) is 2.77. The van der Waals surface area contributed by atoms with E-state index in [1.165, 1.54) is 18.5 Å². The number of anilines is 1. The molecular formula is C14H18BrClN2. The Morgan fingerprint density at radius 1 is 1.39 bits per heavy atom. The number of rotatable bonds is 2. The minimum absolute atomic E-state index is 0.499. The third-order valence-electron chi connectivity index (χ3n) is 4.01. The van der Waals surface area contributed by atoms with E-state index in [9.17, 15) is 0 Å².